The summed E-state index contributed by atoms with van der Waals surface area (Å²) in [5.74, 6) is -0.218. The van der Waals surface area contributed by atoms with E-state index in [4.69, 9.17) is 10.00 Å². The van der Waals surface area contributed by atoms with E-state index in [1.54, 1.807) is 6.07 Å². The van der Waals surface area contributed by atoms with Crippen molar-refractivity contribution in [2.75, 3.05) is 13.2 Å². The van der Waals surface area contributed by atoms with E-state index in [0.717, 1.165) is 12.8 Å². The van der Waals surface area contributed by atoms with Crippen molar-refractivity contribution >= 4 is 5.91 Å². The zero-order valence-corrected chi connectivity index (χ0v) is 9.00. The zero-order valence-electron chi connectivity index (χ0n) is 9.00. The fraction of sp³-hybridized carbons (Fsp3) is 0.818. The van der Waals surface area contributed by atoms with Crippen LogP contribution in [0.25, 0.3) is 0 Å². The lowest BCUT2D eigenvalue weighted by molar-refractivity contribution is -0.120. The van der Waals surface area contributed by atoms with Crippen molar-refractivity contribution < 1.29 is 9.53 Å². The van der Waals surface area contributed by atoms with Gasteiger partial charge in [-0.15, -0.1) is 0 Å². The molecule has 1 saturated carbocycles. The highest BCUT2D eigenvalue weighted by Crippen LogP contribution is 2.19. The summed E-state index contributed by atoms with van der Waals surface area (Å²) < 4.78 is 5.61. The summed E-state index contributed by atoms with van der Waals surface area (Å²) in [4.78, 5) is 10.9. The van der Waals surface area contributed by atoms with Crippen LogP contribution in [-0.4, -0.2) is 25.2 Å². The molecular formula is C11H18N2O2. The third-order valence-electron chi connectivity index (χ3n) is 2.57. The number of nitriles is 1. The first-order chi connectivity index (χ1) is 7.33. The minimum absolute atomic E-state index is 0.0660. The number of hydrogen-bond donors (Lipinski definition) is 1. The minimum atomic E-state index is -0.218. The summed E-state index contributed by atoms with van der Waals surface area (Å²) in [6, 6.07) is 1.80. The third-order valence-corrected chi connectivity index (χ3v) is 2.57. The first-order valence-corrected chi connectivity index (χ1v) is 5.58. The fourth-order valence-electron chi connectivity index (χ4n) is 1.78. The summed E-state index contributed by atoms with van der Waals surface area (Å²) in [6.45, 7) is 1.07. The SMILES string of the molecule is N#CCC(=O)NCCOC1CCCCC1. The average molecular weight is 210 g/mol. The second-order valence-electron chi connectivity index (χ2n) is 3.82. The van der Waals surface area contributed by atoms with E-state index in [9.17, 15) is 4.79 Å². The highest BCUT2D eigenvalue weighted by molar-refractivity contribution is 5.77. The number of ether oxygens (including phenoxy) is 1. The van der Waals surface area contributed by atoms with E-state index in [0.29, 0.717) is 19.3 Å². The van der Waals surface area contributed by atoms with E-state index < -0.39 is 0 Å². The Hall–Kier alpha value is -1.08. The second kappa shape index (κ2) is 7.24. The van der Waals surface area contributed by atoms with Crippen molar-refractivity contribution in [3.05, 3.63) is 0 Å². The molecule has 0 atom stereocenters. The summed E-state index contributed by atoms with van der Waals surface area (Å²) in [5, 5.41) is 10.9. The van der Waals surface area contributed by atoms with Crippen LogP contribution >= 0.6 is 0 Å². The van der Waals surface area contributed by atoms with Crippen molar-refractivity contribution in [3.8, 4) is 6.07 Å². The van der Waals surface area contributed by atoms with E-state index >= 15 is 0 Å². The summed E-state index contributed by atoms with van der Waals surface area (Å²) in [7, 11) is 0. The third kappa shape index (κ3) is 5.38. The van der Waals surface area contributed by atoms with Crippen LogP contribution < -0.4 is 5.32 Å². The van der Waals surface area contributed by atoms with Crippen LogP contribution in [0, 0.1) is 11.3 Å². The van der Waals surface area contributed by atoms with Crippen LogP contribution in [0.5, 0.6) is 0 Å². The molecule has 0 bridgehead atoms. The molecule has 0 spiro atoms. The molecule has 0 aromatic carbocycles. The fourth-order valence-corrected chi connectivity index (χ4v) is 1.78. The number of nitrogens with zero attached hydrogens (tertiary/aromatic N) is 1. The largest absolute Gasteiger partial charge is 0.376 e. The molecule has 0 aliphatic heterocycles. The Morgan fingerprint density at radius 3 is 2.80 bits per heavy atom. The molecule has 0 aromatic heterocycles. The number of carbonyl (C=O) groups excluding carboxylic acids is 1. The van der Waals surface area contributed by atoms with E-state index in [-0.39, 0.29) is 12.3 Å². The predicted octanol–water partition coefficient (Wildman–Crippen LogP) is 1.37. The summed E-state index contributed by atoms with van der Waals surface area (Å²) in [5.41, 5.74) is 0. The van der Waals surface area contributed by atoms with Crippen LogP contribution in [0.2, 0.25) is 0 Å². The molecule has 0 heterocycles. The topological polar surface area (TPSA) is 62.1 Å². The maximum Gasteiger partial charge on any atom is 0.234 e. The van der Waals surface area contributed by atoms with Crippen LogP contribution in [-0.2, 0) is 9.53 Å². The maximum atomic E-state index is 10.9. The minimum Gasteiger partial charge on any atom is -0.376 e. The highest BCUT2D eigenvalue weighted by Gasteiger charge is 2.13. The Morgan fingerprint density at radius 1 is 1.40 bits per heavy atom. The Kier molecular flexibility index (Phi) is 5.79. The van der Waals surface area contributed by atoms with Gasteiger partial charge in [-0.25, -0.2) is 0 Å². The molecule has 0 unspecified atom stereocenters. The van der Waals surface area contributed by atoms with Crippen molar-refractivity contribution in [1.82, 2.24) is 5.32 Å². The Balaban J connectivity index is 1.96. The summed E-state index contributed by atoms with van der Waals surface area (Å²) >= 11 is 0. The normalized spacial score (nSPS) is 17.0. The van der Waals surface area contributed by atoms with Gasteiger partial charge in [0.2, 0.25) is 5.91 Å². The van der Waals surface area contributed by atoms with Crippen molar-refractivity contribution in [2.45, 2.75) is 44.6 Å². The van der Waals surface area contributed by atoms with Gasteiger partial charge in [0.1, 0.15) is 6.42 Å². The zero-order chi connectivity index (χ0) is 10.9. The molecular weight excluding hydrogens is 192 g/mol. The van der Waals surface area contributed by atoms with Gasteiger partial charge in [-0.2, -0.15) is 5.26 Å². The number of hydrogen-bond acceptors (Lipinski definition) is 3. The van der Waals surface area contributed by atoms with Gasteiger partial charge in [0, 0.05) is 6.54 Å². The number of amides is 1. The van der Waals surface area contributed by atoms with E-state index in [1.165, 1.54) is 19.3 Å². The summed E-state index contributed by atoms with van der Waals surface area (Å²) in [6.07, 6.45) is 6.43. The van der Waals surface area contributed by atoms with E-state index in [2.05, 4.69) is 5.32 Å². The molecule has 0 radical (unpaired) electrons. The molecule has 1 N–H and O–H groups in total. The van der Waals surface area contributed by atoms with Gasteiger partial charge in [0.05, 0.1) is 18.8 Å². The number of carbonyl (C=O) groups is 1. The quantitative estimate of drug-likeness (QED) is 0.697. The Labute approximate surface area is 90.6 Å². The molecule has 1 fully saturated rings. The molecule has 1 rings (SSSR count). The molecule has 84 valence electrons. The molecule has 4 heteroatoms. The monoisotopic (exact) mass is 210 g/mol. The van der Waals surface area contributed by atoms with Crippen LogP contribution in [0.4, 0.5) is 0 Å². The second-order valence-corrected chi connectivity index (χ2v) is 3.82. The molecule has 15 heavy (non-hydrogen) atoms. The van der Waals surface area contributed by atoms with Crippen molar-refractivity contribution in [1.29, 1.82) is 5.26 Å². The van der Waals surface area contributed by atoms with Crippen molar-refractivity contribution in [2.24, 2.45) is 0 Å². The van der Waals surface area contributed by atoms with Gasteiger partial charge in [-0.05, 0) is 12.8 Å². The standard InChI is InChI=1S/C11H18N2O2/c12-7-6-11(14)13-8-9-15-10-4-2-1-3-5-10/h10H,1-6,8-9H2,(H,13,14). The number of rotatable bonds is 5. The lowest BCUT2D eigenvalue weighted by Crippen LogP contribution is -2.28. The van der Waals surface area contributed by atoms with Gasteiger partial charge in [-0.1, -0.05) is 19.3 Å². The first kappa shape index (κ1) is 12.0. The molecule has 4 nitrogen and oxygen atoms in total. The van der Waals surface area contributed by atoms with Gasteiger partial charge < -0.3 is 10.1 Å². The lowest BCUT2D eigenvalue weighted by Gasteiger charge is -2.21. The molecule has 1 amide bonds. The van der Waals surface area contributed by atoms with E-state index in [1.807, 2.05) is 0 Å². The lowest BCUT2D eigenvalue weighted by atomic mass is 9.98. The smallest absolute Gasteiger partial charge is 0.234 e. The van der Waals surface area contributed by atoms with Crippen LogP contribution in [0.1, 0.15) is 38.5 Å². The molecule has 0 aromatic rings. The maximum absolute atomic E-state index is 10.9. The van der Waals surface area contributed by atoms with Gasteiger partial charge >= 0.3 is 0 Å². The highest BCUT2D eigenvalue weighted by atomic mass is 16.5. The van der Waals surface area contributed by atoms with Crippen LogP contribution in [0.3, 0.4) is 0 Å². The molecule has 1 aliphatic carbocycles. The van der Waals surface area contributed by atoms with Crippen LogP contribution in [0.15, 0.2) is 0 Å². The average Bonchev–Trinajstić information content (AvgIpc) is 2.26. The Bertz CT molecular complexity index is 229. The van der Waals surface area contributed by atoms with Gasteiger partial charge in [0.15, 0.2) is 0 Å². The van der Waals surface area contributed by atoms with Gasteiger partial charge in [0.25, 0.3) is 0 Å². The molecule has 1 aliphatic rings. The Morgan fingerprint density at radius 2 is 2.13 bits per heavy atom. The number of nitrogens with one attached hydrogen (secondary N) is 1. The van der Waals surface area contributed by atoms with Gasteiger partial charge in [-0.3, -0.25) is 4.79 Å². The first-order valence-electron chi connectivity index (χ1n) is 5.58. The van der Waals surface area contributed by atoms with Crippen molar-refractivity contribution in [3.63, 3.8) is 0 Å². The predicted molar refractivity (Wildman–Crippen MR) is 56.1 cm³/mol. The molecule has 0 saturated heterocycles.